The topological polar surface area (TPSA) is 57.0 Å². The summed E-state index contributed by atoms with van der Waals surface area (Å²) >= 11 is 0. The molecule has 0 aliphatic carbocycles. The van der Waals surface area contributed by atoms with Gasteiger partial charge in [-0.1, -0.05) is 30.3 Å². The summed E-state index contributed by atoms with van der Waals surface area (Å²) in [6, 6.07) is 13.4. The van der Waals surface area contributed by atoms with E-state index in [4.69, 9.17) is 0 Å². The number of rotatable bonds is 4. The van der Waals surface area contributed by atoms with Gasteiger partial charge in [0.25, 0.3) is 5.91 Å². The Hall–Kier alpha value is -2.53. The van der Waals surface area contributed by atoms with Crippen LogP contribution < -0.4 is 15.1 Å². The number of hydrogen-bond donors (Lipinski definition) is 3. The first-order chi connectivity index (χ1) is 12.5. The highest BCUT2D eigenvalue weighted by Gasteiger charge is 2.30. The van der Waals surface area contributed by atoms with Crippen molar-refractivity contribution in [1.82, 2.24) is 0 Å². The average molecular weight is 354 g/mol. The van der Waals surface area contributed by atoms with Crippen molar-refractivity contribution in [1.29, 1.82) is 0 Å². The maximum absolute atomic E-state index is 12.7. The quantitative estimate of drug-likeness (QED) is 0.784. The molecule has 0 unspecified atom stereocenters. The Labute approximate surface area is 155 Å². The largest absolute Gasteiger partial charge is 0.506 e. The summed E-state index contributed by atoms with van der Waals surface area (Å²) in [5.74, 6) is 0.380. The second kappa shape index (κ2) is 7.79. The monoisotopic (exact) mass is 354 g/mol. The summed E-state index contributed by atoms with van der Waals surface area (Å²) < 4.78 is 0. The molecule has 0 aromatic heterocycles. The SMILES string of the molecule is Cc1cccc(C)c1NC(=O)[C@@H](C)[NH+]1CCN(c2ccccc2O)CC1. The average Bonchev–Trinajstić information content (AvgIpc) is 2.65. The molecule has 2 aromatic carbocycles. The molecule has 1 fully saturated rings. The van der Waals surface area contributed by atoms with E-state index in [1.54, 1.807) is 6.07 Å². The highest BCUT2D eigenvalue weighted by molar-refractivity contribution is 5.95. The van der Waals surface area contributed by atoms with Gasteiger partial charge in [0.05, 0.1) is 31.9 Å². The number of benzene rings is 2. The van der Waals surface area contributed by atoms with Crippen molar-refractivity contribution in [2.24, 2.45) is 0 Å². The van der Waals surface area contributed by atoms with Crippen LogP contribution >= 0.6 is 0 Å². The fourth-order valence-electron chi connectivity index (χ4n) is 3.63. The number of phenolic OH excluding ortho intramolecular Hbond substituents is 1. The first-order valence-electron chi connectivity index (χ1n) is 9.22. The number of quaternary nitrogens is 1. The number of carbonyl (C=O) groups is 1. The zero-order valence-corrected chi connectivity index (χ0v) is 15.7. The van der Waals surface area contributed by atoms with Crippen molar-refractivity contribution in [2.75, 3.05) is 36.4 Å². The van der Waals surface area contributed by atoms with E-state index in [9.17, 15) is 9.90 Å². The molecule has 0 saturated carbocycles. The summed E-state index contributed by atoms with van der Waals surface area (Å²) in [6.07, 6.45) is 0. The zero-order chi connectivity index (χ0) is 18.7. The first kappa shape index (κ1) is 18.3. The maximum atomic E-state index is 12.7. The third-order valence-corrected chi connectivity index (χ3v) is 5.36. The summed E-state index contributed by atoms with van der Waals surface area (Å²) in [5.41, 5.74) is 3.98. The lowest BCUT2D eigenvalue weighted by atomic mass is 10.1. The van der Waals surface area contributed by atoms with Crippen LogP contribution in [0.25, 0.3) is 0 Å². The Morgan fingerprint density at radius 2 is 1.69 bits per heavy atom. The second-order valence-corrected chi connectivity index (χ2v) is 7.11. The summed E-state index contributed by atoms with van der Waals surface area (Å²) in [5, 5.41) is 13.1. The number of aryl methyl sites for hydroxylation is 2. The van der Waals surface area contributed by atoms with Gasteiger partial charge in [0, 0.05) is 5.69 Å². The maximum Gasteiger partial charge on any atom is 0.282 e. The number of para-hydroxylation sites is 3. The van der Waals surface area contributed by atoms with Gasteiger partial charge >= 0.3 is 0 Å². The number of nitrogens with zero attached hydrogens (tertiary/aromatic N) is 1. The molecule has 1 heterocycles. The molecule has 3 N–H and O–H groups in total. The number of hydrogen-bond acceptors (Lipinski definition) is 3. The molecule has 26 heavy (non-hydrogen) atoms. The Bertz CT molecular complexity index is 762. The van der Waals surface area contributed by atoms with E-state index >= 15 is 0 Å². The fourth-order valence-corrected chi connectivity index (χ4v) is 3.63. The molecule has 1 amide bonds. The van der Waals surface area contributed by atoms with Crippen molar-refractivity contribution in [3.8, 4) is 5.75 Å². The minimum atomic E-state index is -0.111. The summed E-state index contributed by atoms with van der Waals surface area (Å²) in [7, 11) is 0. The summed E-state index contributed by atoms with van der Waals surface area (Å²) in [6.45, 7) is 9.43. The van der Waals surface area contributed by atoms with Gasteiger partial charge in [-0.3, -0.25) is 4.79 Å². The molecule has 3 rings (SSSR count). The molecule has 5 nitrogen and oxygen atoms in total. The van der Waals surface area contributed by atoms with E-state index in [0.29, 0.717) is 5.75 Å². The molecule has 1 aliphatic rings. The van der Waals surface area contributed by atoms with Crippen LogP contribution in [-0.4, -0.2) is 43.2 Å². The van der Waals surface area contributed by atoms with E-state index in [2.05, 4.69) is 10.2 Å². The lowest BCUT2D eigenvalue weighted by Gasteiger charge is -2.36. The van der Waals surface area contributed by atoms with Gasteiger partial charge in [-0.2, -0.15) is 0 Å². The highest BCUT2D eigenvalue weighted by Crippen LogP contribution is 2.26. The molecular formula is C21H28N3O2+. The van der Waals surface area contributed by atoms with Crippen LogP contribution in [-0.2, 0) is 4.79 Å². The lowest BCUT2D eigenvalue weighted by Crippen LogP contribution is -3.19. The van der Waals surface area contributed by atoms with E-state index in [1.165, 1.54) is 4.90 Å². The molecule has 1 aliphatic heterocycles. The smallest absolute Gasteiger partial charge is 0.282 e. The zero-order valence-electron chi connectivity index (χ0n) is 15.7. The third-order valence-electron chi connectivity index (χ3n) is 5.36. The molecule has 2 aromatic rings. The minimum absolute atomic E-state index is 0.0633. The van der Waals surface area contributed by atoms with Gasteiger partial charge in [0.2, 0.25) is 0 Å². The minimum Gasteiger partial charge on any atom is -0.506 e. The molecule has 5 heteroatoms. The van der Waals surface area contributed by atoms with E-state index in [-0.39, 0.29) is 11.9 Å². The van der Waals surface area contributed by atoms with E-state index < -0.39 is 0 Å². The van der Waals surface area contributed by atoms with Crippen molar-refractivity contribution >= 4 is 17.3 Å². The Morgan fingerprint density at radius 1 is 1.08 bits per heavy atom. The molecule has 138 valence electrons. The predicted molar refractivity (Wildman–Crippen MR) is 105 cm³/mol. The molecule has 0 bridgehead atoms. The molecule has 1 atom stereocenters. The van der Waals surface area contributed by atoms with Gasteiger partial charge in [-0.25, -0.2) is 0 Å². The first-order valence-corrected chi connectivity index (χ1v) is 9.22. The number of amides is 1. The van der Waals surface area contributed by atoms with Crippen LogP contribution in [0.2, 0.25) is 0 Å². The summed E-state index contributed by atoms with van der Waals surface area (Å²) in [4.78, 5) is 16.2. The normalized spacial score (nSPS) is 16.3. The number of anilines is 2. The van der Waals surface area contributed by atoms with Gasteiger partial charge in [0.15, 0.2) is 6.04 Å². The van der Waals surface area contributed by atoms with E-state index in [0.717, 1.165) is 48.7 Å². The van der Waals surface area contributed by atoms with Crippen molar-refractivity contribution in [3.05, 3.63) is 53.6 Å². The molecule has 0 spiro atoms. The highest BCUT2D eigenvalue weighted by atomic mass is 16.3. The van der Waals surface area contributed by atoms with Crippen LogP contribution in [0, 0.1) is 13.8 Å². The number of carbonyl (C=O) groups excluding carboxylic acids is 1. The lowest BCUT2D eigenvalue weighted by molar-refractivity contribution is -0.914. The van der Waals surface area contributed by atoms with E-state index in [1.807, 2.05) is 57.2 Å². The van der Waals surface area contributed by atoms with Gasteiger partial charge in [0.1, 0.15) is 5.75 Å². The number of nitrogens with one attached hydrogen (secondary N) is 2. The fraction of sp³-hybridized carbons (Fsp3) is 0.381. The van der Waals surface area contributed by atoms with Gasteiger partial charge in [-0.05, 0) is 44.0 Å². The number of phenols is 1. The van der Waals surface area contributed by atoms with Crippen LogP contribution in [0.4, 0.5) is 11.4 Å². The van der Waals surface area contributed by atoms with Crippen LogP contribution in [0.3, 0.4) is 0 Å². The van der Waals surface area contributed by atoms with Crippen LogP contribution in [0.1, 0.15) is 18.1 Å². The Kier molecular flexibility index (Phi) is 5.47. The van der Waals surface area contributed by atoms with Gasteiger partial charge < -0.3 is 20.2 Å². The molecule has 0 radical (unpaired) electrons. The Morgan fingerprint density at radius 3 is 2.31 bits per heavy atom. The molecule has 1 saturated heterocycles. The second-order valence-electron chi connectivity index (χ2n) is 7.11. The molecular weight excluding hydrogens is 326 g/mol. The van der Waals surface area contributed by atoms with Crippen molar-refractivity contribution < 1.29 is 14.8 Å². The number of piperazine rings is 1. The van der Waals surface area contributed by atoms with Crippen molar-refractivity contribution in [3.63, 3.8) is 0 Å². The van der Waals surface area contributed by atoms with Crippen LogP contribution in [0.15, 0.2) is 42.5 Å². The number of aromatic hydroxyl groups is 1. The van der Waals surface area contributed by atoms with Crippen LogP contribution in [0.5, 0.6) is 5.75 Å². The predicted octanol–water partition coefficient (Wildman–Crippen LogP) is 1.74. The van der Waals surface area contributed by atoms with Crippen molar-refractivity contribution in [2.45, 2.75) is 26.8 Å². The standard InChI is InChI=1S/C21H27N3O2/c1-15-7-6-8-16(2)20(15)22-21(26)17(3)23-11-13-24(14-12-23)18-9-4-5-10-19(18)25/h4-10,17,25H,11-14H2,1-3H3,(H,22,26)/p+1/t17-/m1/s1. The third kappa shape index (κ3) is 3.83. The van der Waals surface area contributed by atoms with Gasteiger partial charge in [-0.15, -0.1) is 0 Å². The Balaban J connectivity index is 1.60.